The molecule has 2 aliphatic rings. The van der Waals surface area contributed by atoms with E-state index in [1.165, 1.54) is 0 Å². The first kappa shape index (κ1) is 20.0. The fourth-order valence-electron chi connectivity index (χ4n) is 3.99. The number of ether oxygens (including phenoxy) is 2. The molecule has 0 radical (unpaired) electrons. The minimum Gasteiger partial charge on any atom is -0.383 e. The van der Waals surface area contributed by atoms with E-state index in [-0.39, 0.29) is 6.03 Å². The van der Waals surface area contributed by atoms with E-state index in [1.54, 1.807) is 7.11 Å². The summed E-state index contributed by atoms with van der Waals surface area (Å²) < 4.78 is 12.6. The zero-order valence-corrected chi connectivity index (χ0v) is 16.4. The Kier molecular flexibility index (Phi) is 6.97. The van der Waals surface area contributed by atoms with Crippen LogP contribution in [-0.2, 0) is 21.6 Å². The largest absolute Gasteiger partial charge is 0.383 e. The highest BCUT2D eigenvalue weighted by Crippen LogP contribution is 2.36. The van der Waals surface area contributed by atoms with Gasteiger partial charge in [-0.1, -0.05) is 6.92 Å². The molecule has 3 rings (SSSR count). The first-order valence-corrected chi connectivity index (χ1v) is 9.82. The number of tetrazole rings is 1. The summed E-state index contributed by atoms with van der Waals surface area (Å²) in [6.07, 6.45) is 2.75. The van der Waals surface area contributed by atoms with Crippen LogP contribution in [0.1, 0.15) is 32.0 Å². The topological polar surface area (TPSA) is 97.6 Å². The van der Waals surface area contributed by atoms with Gasteiger partial charge in [0, 0.05) is 39.8 Å². The van der Waals surface area contributed by atoms with Crippen molar-refractivity contribution in [2.24, 2.45) is 0 Å². The molecule has 1 unspecified atom stereocenters. The lowest BCUT2D eigenvalue weighted by molar-refractivity contribution is -0.0553. The Bertz CT molecular complexity index is 605. The highest BCUT2D eigenvalue weighted by atomic mass is 16.5. The summed E-state index contributed by atoms with van der Waals surface area (Å²) in [6.45, 7) is 8.18. The summed E-state index contributed by atoms with van der Waals surface area (Å²) in [4.78, 5) is 16.9. The highest BCUT2D eigenvalue weighted by Gasteiger charge is 2.47. The van der Waals surface area contributed by atoms with E-state index in [0.717, 1.165) is 44.7 Å². The molecular weight excluding hydrogens is 350 g/mol. The molecule has 152 valence electrons. The number of hydrogen-bond donors (Lipinski definition) is 1. The molecule has 1 aromatic rings. The van der Waals surface area contributed by atoms with Gasteiger partial charge in [-0.25, -0.2) is 9.48 Å². The van der Waals surface area contributed by atoms with Crippen LogP contribution in [0, 0.1) is 0 Å². The Hall–Kier alpha value is -1.78. The van der Waals surface area contributed by atoms with Crippen molar-refractivity contribution in [2.75, 3.05) is 59.7 Å². The number of piperidine rings is 1. The summed E-state index contributed by atoms with van der Waals surface area (Å²) in [5.74, 6) is 0.814. The van der Waals surface area contributed by atoms with Gasteiger partial charge in [-0.05, 0) is 29.7 Å². The Morgan fingerprint density at radius 1 is 1.33 bits per heavy atom. The molecule has 2 amide bonds. The van der Waals surface area contributed by atoms with Crippen LogP contribution in [0.3, 0.4) is 0 Å². The lowest BCUT2D eigenvalue weighted by Crippen LogP contribution is -2.62. The molecule has 2 aliphatic heterocycles. The molecule has 2 fully saturated rings. The summed E-state index contributed by atoms with van der Waals surface area (Å²) in [7, 11) is 1.67. The van der Waals surface area contributed by atoms with E-state index in [1.807, 2.05) is 9.58 Å². The van der Waals surface area contributed by atoms with Crippen LogP contribution in [-0.4, -0.2) is 95.7 Å². The Morgan fingerprint density at radius 3 is 2.89 bits per heavy atom. The first-order chi connectivity index (χ1) is 13.2. The lowest BCUT2D eigenvalue weighted by atomic mass is 9.85. The quantitative estimate of drug-likeness (QED) is 0.713. The van der Waals surface area contributed by atoms with Gasteiger partial charge in [-0.2, -0.15) is 0 Å². The standard InChI is InChI=1S/C17H31N7O3/c1-3-6-18-16(25)22-7-4-5-17(14-22,23-8-12-27-13-9-23)15-19-20-21-24(15)10-11-26-2/h3-14H2,1-2H3,(H,18,25). The zero-order chi connectivity index (χ0) is 19.1. The lowest BCUT2D eigenvalue weighted by Gasteiger charge is -2.49. The van der Waals surface area contributed by atoms with Crippen molar-refractivity contribution in [1.29, 1.82) is 0 Å². The van der Waals surface area contributed by atoms with Crippen molar-refractivity contribution < 1.29 is 14.3 Å². The van der Waals surface area contributed by atoms with Gasteiger partial charge in [0.1, 0.15) is 5.54 Å². The van der Waals surface area contributed by atoms with Gasteiger partial charge >= 0.3 is 6.03 Å². The van der Waals surface area contributed by atoms with E-state index < -0.39 is 5.54 Å². The summed E-state index contributed by atoms with van der Waals surface area (Å²) in [5, 5.41) is 15.5. The van der Waals surface area contributed by atoms with Crippen molar-refractivity contribution in [3.63, 3.8) is 0 Å². The third kappa shape index (κ3) is 4.39. The Morgan fingerprint density at radius 2 is 2.15 bits per heavy atom. The number of nitrogens with one attached hydrogen (secondary N) is 1. The third-order valence-electron chi connectivity index (χ3n) is 5.36. The minimum absolute atomic E-state index is 0.00917. The molecular formula is C17H31N7O3. The maximum atomic E-state index is 12.6. The van der Waals surface area contributed by atoms with Gasteiger partial charge in [0.2, 0.25) is 0 Å². The number of likely N-dealkylation sites (tertiary alicyclic amines) is 1. The molecule has 10 heteroatoms. The number of hydrogen-bond acceptors (Lipinski definition) is 7. The molecule has 0 spiro atoms. The van der Waals surface area contributed by atoms with Crippen molar-refractivity contribution in [2.45, 2.75) is 38.3 Å². The van der Waals surface area contributed by atoms with E-state index in [9.17, 15) is 4.79 Å². The van der Waals surface area contributed by atoms with Crippen LogP contribution in [0.5, 0.6) is 0 Å². The van der Waals surface area contributed by atoms with Crippen molar-refractivity contribution >= 4 is 6.03 Å². The number of carbonyl (C=O) groups excluding carboxylic acids is 1. The maximum Gasteiger partial charge on any atom is 0.317 e. The van der Waals surface area contributed by atoms with Crippen LogP contribution < -0.4 is 5.32 Å². The molecule has 1 atom stereocenters. The van der Waals surface area contributed by atoms with Crippen LogP contribution in [0.15, 0.2) is 0 Å². The van der Waals surface area contributed by atoms with E-state index in [4.69, 9.17) is 9.47 Å². The van der Waals surface area contributed by atoms with Gasteiger partial charge in [0.05, 0.1) is 26.4 Å². The van der Waals surface area contributed by atoms with Crippen LogP contribution in [0.4, 0.5) is 4.79 Å². The van der Waals surface area contributed by atoms with Crippen LogP contribution in [0.2, 0.25) is 0 Å². The Labute approximate surface area is 160 Å². The molecule has 10 nitrogen and oxygen atoms in total. The number of amides is 2. The van der Waals surface area contributed by atoms with Gasteiger partial charge in [-0.15, -0.1) is 5.10 Å². The number of methoxy groups -OCH3 is 1. The average Bonchev–Trinajstić information content (AvgIpc) is 3.20. The Balaban J connectivity index is 1.89. The van der Waals surface area contributed by atoms with E-state index in [2.05, 4.69) is 32.7 Å². The summed E-state index contributed by atoms with van der Waals surface area (Å²) in [5.41, 5.74) is -0.400. The zero-order valence-electron chi connectivity index (χ0n) is 16.4. The van der Waals surface area contributed by atoms with Crippen molar-refractivity contribution in [3.8, 4) is 0 Å². The maximum absolute atomic E-state index is 12.6. The van der Waals surface area contributed by atoms with Crippen LogP contribution >= 0.6 is 0 Å². The summed E-state index contributed by atoms with van der Waals surface area (Å²) in [6, 6.07) is -0.00917. The third-order valence-corrected chi connectivity index (χ3v) is 5.36. The van der Waals surface area contributed by atoms with Gasteiger partial charge in [0.25, 0.3) is 0 Å². The van der Waals surface area contributed by atoms with Crippen LogP contribution in [0.25, 0.3) is 0 Å². The molecule has 0 aliphatic carbocycles. The molecule has 0 aromatic carbocycles. The number of rotatable bonds is 7. The molecule has 1 aromatic heterocycles. The molecule has 0 saturated carbocycles. The van der Waals surface area contributed by atoms with Crippen molar-refractivity contribution in [1.82, 2.24) is 35.3 Å². The minimum atomic E-state index is -0.400. The van der Waals surface area contributed by atoms with Gasteiger partial charge in [0.15, 0.2) is 5.82 Å². The average molecular weight is 381 g/mol. The monoisotopic (exact) mass is 381 g/mol. The fraction of sp³-hybridized carbons (Fsp3) is 0.882. The second-order valence-corrected chi connectivity index (χ2v) is 7.11. The van der Waals surface area contributed by atoms with E-state index >= 15 is 0 Å². The molecule has 1 N–H and O–H groups in total. The molecule has 3 heterocycles. The number of aromatic nitrogens is 4. The van der Waals surface area contributed by atoms with Crippen molar-refractivity contribution in [3.05, 3.63) is 5.82 Å². The number of carbonyl (C=O) groups is 1. The smallest absolute Gasteiger partial charge is 0.317 e. The SMILES string of the molecule is CCCNC(=O)N1CCCC(c2nnnn2CCOC)(N2CCOCC2)C1. The fourth-order valence-corrected chi connectivity index (χ4v) is 3.99. The van der Waals surface area contributed by atoms with Gasteiger partial charge < -0.3 is 19.7 Å². The predicted octanol–water partition coefficient (Wildman–Crippen LogP) is 0.0624. The second-order valence-electron chi connectivity index (χ2n) is 7.11. The first-order valence-electron chi connectivity index (χ1n) is 9.82. The second kappa shape index (κ2) is 9.43. The normalized spacial score (nSPS) is 24.1. The number of urea groups is 1. The highest BCUT2D eigenvalue weighted by molar-refractivity contribution is 5.74. The summed E-state index contributed by atoms with van der Waals surface area (Å²) >= 11 is 0. The molecule has 0 bridgehead atoms. The predicted molar refractivity (Wildman–Crippen MR) is 98.3 cm³/mol. The number of morpholine rings is 1. The molecule has 27 heavy (non-hydrogen) atoms. The van der Waals surface area contributed by atoms with E-state index in [0.29, 0.717) is 39.5 Å². The number of nitrogens with zero attached hydrogens (tertiary/aromatic N) is 6. The molecule has 2 saturated heterocycles. The van der Waals surface area contributed by atoms with Gasteiger partial charge in [-0.3, -0.25) is 4.90 Å².